The van der Waals surface area contributed by atoms with Gasteiger partial charge in [-0.2, -0.15) is 19.5 Å². The van der Waals surface area contributed by atoms with Crippen LogP contribution in [0.25, 0.3) is 17.4 Å². The Morgan fingerprint density at radius 1 is 1.09 bits per heavy atom. The number of carbonyl (C=O) groups excluding carboxylic acids is 1. The summed E-state index contributed by atoms with van der Waals surface area (Å²) in [6, 6.07) is 12.8. The fourth-order valence-corrected chi connectivity index (χ4v) is 3.83. The predicted molar refractivity (Wildman–Crippen MR) is 122 cm³/mol. The summed E-state index contributed by atoms with van der Waals surface area (Å²) in [4.78, 5) is 30.7. The molecule has 0 spiro atoms. The van der Waals surface area contributed by atoms with E-state index >= 15 is 0 Å². The molecule has 1 atom stereocenters. The maximum Gasteiger partial charge on any atom is 0.259 e. The zero-order chi connectivity index (χ0) is 22.8. The Hall–Kier alpha value is -3.99. The summed E-state index contributed by atoms with van der Waals surface area (Å²) in [7, 11) is 2.06. The summed E-state index contributed by atoms with van der Waals surface area (Å²) in [5.74, 6) is 1.46. The molecule has 33 heavy (non-hydrogen) atoms. The van der Waals surface area contributed by atoms with Gasteiger partial charge >= 0.3 is 0 Å². The van der Waals surface area contributed by atoms with E-state index in [1.54, 1.807) is 18.4 Å². The average Bonchev–Trinajstić information content (AvgIpc) is 3.50. The lowest BCUT2D eigenvalue weighted by molar-refractivity contribution is -0.133. The lowest BCUT2D eigenvalue weighted by Crippen LogP contribution is -2.52. The number of carbonyl (C=O) groups is 1. The number of hydrogen-bond acceptors (Lipinski definition) is 9. The molecule has 4 heterocycles. The van der Waals surface area contributed by atoms with Crippen molar-refractivity contribution in [1.82, 2.24) is 34.4 Å². The van der Waals surface area contributed by atoms with E-state index in [1.807, 2.05) is 35.2 Å². The molecule has 1 amide bonds. The molecule has 1 aliphatic rings. The first-order chi connectivity index (χ1) is 16.1. The highest BCUT2D eigenvalue weighted by atomic mass is 16.3. The van der Waals surface area contributed by atoms with Crippen LogP contribution in [0.2, 0.25) is 0 Å². The SMILES string of the molecule is CN1CCN(C(=O)C(Cc2ccccc2)Nc2nc(N)n3nc(-c4ccco4)nc3n2)CC1. The number of nitrogens with one attached hydrogen (secondary N) is 1. The lowest BCUT2D eigenvalue weighted by Gasteiger charge is -2.34. The standard InChI is InChI=1S/C22H25N9O2/c1-29-9-11-30(12-10-29)19(32)16(14-15-6-3-2-4-7-15)24-21-26-20(23)31-22(27-21)25-18(28-31)17-8-5-13-33-17/h2-8,13,16H,9-12,14H2,1H3,(H3,23,24,25,26,27,28). The maximum atomic E-state index is 13.4. The van der Waals surface area contributed by atoms with Crippen LogP contribution in [0, 0.1) is 0 Å². The Morgan fingerprint density at radius 3 is 2.61 bits per heavy atom. The van der Waals surface area contributed by atoms with Crippen LogP contribution < -0.4 is 11.1 Å². The van der Waals surface area contributed by atoms with Crippen LogP contribution in [-0.4, -0.2) is 79.5 Å². The largest absolute Gasteiger partial charge is 0.461 e. The maximum absolute atomic E-state index is 13.4. The van der Waals surface area contributed by atoms with Crippen LogP contribution in [0.3, 0.4) is 0 Å². The van der Waals surface area contributed by atoms with Gasteiger partial charge in [0, 0.05) is 32.6 Å². The minimum absolute atomic E-state index is 0.00624. The fourth-order valence-electron chi connectivity index (χ4n) is 3.83. The number of amides is 1. The molecule has 170 valence electrons. The highest BCUT2D eigenvalue weighted by Gasteiger charge is 2.28. The van der Waals surface area contributed by atoms with Crippen molar-refractivity contribution in [3.8, 4) is 11.6 Å². The molecule has 0 aliphatic carbocycles. The molecule has 0 bridgehead atoms. The highest BCUT2D eigenvalue weighted by Crippen LogP contribution is 2.19. The topological polar surface area (TPSA) is 131 Å². The third-order valence-electron chi connectivity index (χ3n) is 5.67. The van der Waals surface area contributed by atoms with Crippen molar-refractivity contribution in [2.24, 2.45) is 0 Å². The van der Waals surface area contributed by atoms with Crippen LogP contribution in [0.5, 0.6) is 0 Å². The van der Waals surface area contributed by atoms with Crippen molar-refractivity contribution in [2.45, 2.75) is 12.5 Å². The summed E-state index contributed by atoms with van der Waals surface area (Å²) in [6.07, 6.45) is 2.03. The van der Waals surface area contributed by atoms with E-state index in [1.165, 1.54) is 4.52 Å². The summed E-state index contributed by atoms with van der Waals surface area (Å²) in [6.45, 7) is 3.05. The van der Waals surface area contributed by atoms with Crippen LogP contribution in [0.1, 0.15) is 5.56 Å². The second kappa shape index (κ2) is 8.87. The molecule has 3 aromatic heterocycles. The van der Waals surface area contributed by atoms with Gasteiger partial charge in [0.1, 0.15) is 6.04 Å². The molecule has 3 N–H and O–H groups in total. The van der Waals surface area contributed by atoms with Gasteiger partial charge in [-0.1, -0.05) is 30.3 Å². The summed E-state index contributed by atoms with van der Waals surface area (Å²) in [5, 5.41) is 7.51. The Balaban J connectivity index is 1.43. The van der Waals surface area contributed by atoms with Gasteiger partial charge in [-0.15, -0.1) is 5.10 Å². The van der Waals surface area contributed by atoms with Crippen molar-refractivity contribution < 1.29 is 9.21 Å². The number of anilines is 2. The van der Waals surface area contributed by atoms with E-state index in [2.05, 4.69) is 37.3 Å². The van der Waals surface area contributed by atoms with E-state index in [9.17, 15) is 4.79 Å². The van der Waals surface area contributed by atoms with Gasteiger partial charge < -0.3 is 25.3 Å². The van der Waals surface area contributed by atoms with Crippen LogP contribution in [0.15, 0.2) is 53.1 Å². The Labute approximate surface area is 190 Å². The van der Waals surface area contributed by atoms with Crippen LogP contribution in [-0.2, 0) is 11.2 Å². The molecule has 1 saturated heterocycles. The van der Waals surface area contributed by atoms with E-state index in [-0.39, 0.29) is 23.6 Å². The van der Waals surface area contributed by atoms with E-state index in [0.717, 1.165) is 18.7 Å². The van der Waals surface area contributed by atoms with E-state index in [4.69, 9.17) is 10.2 Å². The molecule has 5 rings (SSSR count). The van der Waals surface area contributed by atoms with Gasteiger partial charge in [-0.3, -0.25) is 4.79 Å². The Kier molecular flexibility index (Phi) is 5.61. The van der Waals surface area contributed by atoms with Crippen molar-refractivity contribution in [2.75, 3.05) is 44.3 Å². The second-order valence-corrected chi connectivity index (χ2v) is 8.05. The molecule has 1 unspecified atom stereocenters. The zero-order valence-corrected chi connectivity index (χ0v) is 18.3. The number of aromatic nitrogens is 5. The highest BCUT2D eigenvalue weighted by molar-refractivity contribution is 5.85. The van der Waals surface area contributed by atoms with E-state index in [0.29, 0.717) is 31.1 Å². The van der Waals surface area contributed by atoms with Gasteiger partial charge in [-0.05, 0) is 24.7 Å². The molecule has 1 aliphatic heterocycles. The van der Waals surface area contributed by atoms with Gasteiger partial charge in [0.25, 0.3) is 5.78 Å². The fraction of sp³-hybridized carbons (Fsp3) is 0.318. The second-order valence-electron chi connectivity index (χ2n) is 8.05. The number of benzene rings is 1. The molecule has 0 radical (unpaired) electrons. The minimum Gasteiger partial charge on any atom is -0.461 e. The number of piperazine rings is 1. The summed E-state index contributed by atoms with van der Waals surface area (Å²) < 4.78 is 6.70. The lowest BCUT2D eigenvalue weighted by atomic mass is 10.0. The molecule has 0 saturated carbocycles. The number of nitrogens with zero attached hydrogens (tertiary/aromatic N) is 7. The quantitative estimate of drug-likeness (QED) is 0.447. The molecule has 11 nitrogen and oxygen atoms in total. The molecule has 1 aromatic carbocycles. The number of hydrogen-bond donors (Lipinski definition) is 2. The van der Waals surface area contributed by atoms with Gasteiger partial charge in [0.15, 0.2) is 5.76 Å². The molecule has 1 fully saturated rings. The Bertz CT molecular complexity index is 1230. The molecule has 4 aromatic rings. The molecular formula is C22H25N9O2. The third-order valence-corrected chi connectivity index (χ3v) is 5.67. The van der Waals surface area contributed by atoms with Gasteiger partial charge in [0.2, 0.25) is 23.6 Å². The van der Waals surface area contributed by atoms with Crippen molar-refractivity contribution in [3.63, 3.8) is 0 Å². The first kappa shape index (κ1) is 20.9. The van der Waals surface area contributed by atoms with Crippen molar-refractivity contribution in [1.29, 1.82) is 0 Å². The summed E-state index contributed by atoms with van der Waals surface area (Å²) in [5.41, 5.74) is 7.16. The third kappa shape index (κ3) is 4.48. The van der Waals surface area contributed by atoms with Gasteiger partial charge in [-0.25, -0.2) is 0 Å². The number of nitrogen functional groups attached to an aromatic ring is 1. The van der Waals surface area contributed by atoms with Gasteiger partial charge in [0.05, 0.1) is 6.26 Å². The zero-order valence-electron chi connectivity index (χ0n) is 18.3. The van der Waals surface area contributed by atoms with Crippen molar-refractivity contribution >= 4 is 23.6 Å². The number of fused-ring (bicyclic) bond motifs is 1. The van der Waals surface area contributed by atoms with E-state index < -0.39 is 6.04 Å². The predicted octanol–water partition coefficient (Wildman–Crippen LogP) is 1.16. The smallest absolute Gasteiger partial charge is 0.259 e. The monoisotopic (exact) mass is 447 g/mol. The molecule has 11 heteroatoms. The number of likely N-dealkylation sites (N-methyl/N-ethyl adjacent to an activating group) is 1. The normalized spacial score (nSPS) is 15.6. The first-order valence-electron chi connectivity index (χ1n) is 10.8. The number of nitrogens with two attached hydrogens (primary N) is 1. The minimum atomic E-state index is -0.551. The number of furan rings is 1. The average molecular weight is 448 g/mol. The Morgan fingerprint density at radius 2 is 1.88 bits per heavy atom. The number of rotatable bonds is 6. The molecular weight excluding hydrogens is 422 g/mol. The van der Waals surface area contributed by atoms with Crippen LogP contribution >= 0.6 is 0 Å². The summed E-state index contributed by atoms with van der Waals surface area (Å²) >= 11 is 0. The van der Waals surface area contributed by atoms with Crippen molar-refractivity contribution in [3.05, 3.63) is 54.3 Å². The first-order valence-corrected chi connectivity index (χ1v) is 10.8. The van der Waals surface area contributed by atoms with Crippen LogP contribution in [0.4, 0.5) is 11.9 Å².